The van der Waals surface area contributed by atoms with Crippen LogP contribution in [0, 0.1) is 11.6 Å². The van der Waals surface area contributed by atoms with Crippen LogP contribution < -0.4 is 5.73 Å². The SMILES string of the molecule is C[C@@H](N)c1nc(Cc2ccc(F)cc2F)no1. The van der Waals surface area contributed by atoms with Crippen LogP contribution in [0.25, 0.3) is 0 Å². The van der Waals surface area contributed by atoms with Crippen molar-refractivity contribution in [3.63, 3.8) is 0 Å². The van der Waals surface area contributed by atoms with Gasteiger partial charge in [0.1, 0.15) is 11.6 Å². The average molecular weight is 239 g/mol. The van der Waals surface area contributed by atoms with E-state index >= 15 is 0 Å². The lowest BCUT2D eigenvalue weighted by Gasteiger charge is -1.99. The van der Waals surface area contributed by atoms with Gasteiger partial charge in [0.05, 0.1) is 6.04 Å². The average Bonchev–Trinajstić information content (AvgIpc) is 2.71. The molecular formula is C11H11F2N3O. The molecule has 0 radical (unpaired) electrons. The summed E-state index contributed by atoms with van der Waals surface area (Å²) in [4.78, 5) is 4.01. The molecule has 0 amide bonds. The van der Waals surface area contributed by atoms with Gasteiger partial charge in [-0.25, -0.2) is 8.78 Å². The lowest BCUT2D eigenvalue weighted by atomic mass is 10.1. The van der Waals surface area contributed by atoms with Gasteiger partial charge < -0.3 is 10.3 Å². The number of nitrogens with two attached hydrogens (primary N) is 1. The Balaban J connectivity index is 2.19. The molecule has 0 aliphatic carbocycles. The molecule has 1 atom stereocenters. The maximum atomic E-state index is 13.4. The van der Waals surface area contributed by atoms with Crippen molar-refractivity contribution >= 4 is 0 Å². The molecule has 0 aliphatic rings. The third-order valence-corrected chi connectivity index (χ3v) is 2.24. The number of hydrogen-bond acceptors (Lipinski definition) is 4. The van der Waals surface area contributed by atoms with E-state index in [4.69, 9.17) is 10.3 Å². The number of benzene rings is 1. The molecule has 90 valence electrons. The molecule has 2 rings (SSSR count). The number of nitrogens with zero attached hydrogens (tertiary/aromatic N) is 2. The molecule has 0 saturated carbocycles. The van der Waals surface area contributed by atoms with E-state index in [1.807, 2.05) is 0 Å². The van der Waals surface area contributed by atoms with Gasteiger partial charge in [0.15, 0.2) is 5.82 Å². The van der Waals surface area contributed by atoms with E-state index in [9.17, 15) is 8.78 Å². The molecule has 0 unspecified atom stereocenters. The molecular weight excluding hydrogens is 228 g/mol. The Kier molecular flexibility index (Phi) is 3.14. The van der Waals surface area contributed by atoms with Gasteiger partial charge in [-0.1, -0.05) is 11.2 Å². The second-order valence-corrected chi connectivity index (χ2v) is 3.75. The number of halogens is 2. The summed E-state index contributed by atoms with van der Waals surface area (Å²) < 4.78 is 30.9. The van der Waals surface area contributed by atoms with E-state index in [-0.39, 0.29) is 12.5 Å². The van der Waals surface area contributed by atoms with E-state index in [0.717, 1.165) is 6.07 Å². The number of aromatic nitrogens is 2. The Hall–Kier alpha value is -1.82. The van der Waals surface area contributed by atoms with E-state index in [0.29, 0.717) is 17.3 Å². The molecule has 1 heterocycles. The van der Waals surface area contributed by atoms with Crippen LogP contribution in [0.1, 0.15) is 30.2 Å². The zero-order valence-electron chi connectivity index (χ0n) is 9.15. The van der Waals surface area contributed by atoms with Crippen molar-refractivity contribution in [2.75, 3.05) is 0 Å². The first kappa shape index (κ1) is 11.7. The summed E-state index contributed by atoms with van der Waals surface area (Å²) in [7, 11) is 0. The van der Waals surface area contributed by atoms with Crippen LogP contribution in [0.4, 0.5) is 8.78 Å². The predicted molar refractivity (Wildman–Crippen MR) is 56.1 cm³/mol. The van der Waals surface area contributed by atoms with Gasteiger partial charge in [0.25, 0.3) is 0 Å². The highest BCUT2D eigenvalue weighted by molar-refractivity contribution is 5.21. The maximum absolute atomic E-state index is 13.4. The van der Waals surface area contributed by atoms with E-state index in [1.54, 1.807) is 6.92 Å². The fraction of sp³-hybridized carbons (Fsp3) is 0.273. The van der Waals surface area contributed by atoms with Crippen LogP contribution in [0.3, 0.4) is 0 Å². The van der Waals surface area contributed by atoms with Gasteiger partial charge in [0, 0.05) is 12.5 Å². The zero-order chi connectivity index (χ0) is 12.4. The quantitative estimate of drug-likeness (QED) is 0.889. The number of rotatable bonds is 3. The summed E-state index contributed by atoms with van der Waals surface area (Å²) in [6.07, 6.45) is 0.141. The van der Waals surface area contributed by atoms with Crippen molar-refractivity contribution in [2.45, 2.75) is 19.4 Å². The van der Waals surface area contributed by atoms with Crippen LogP contribution >= 0.6 is 0 Å². The van der Waals surface area contributed by atoms with Crippen molar-refractivity contribution in [2.24, 2.45) is 5.73 Å². The molecule has 0 saturated heterocycles. The Bertz CT molecular complexity index is 525. The third kappa shape index (κ3) is 2.65. The minimum atomic E-state index is -0.628. The van der Waals surface area contributed by atoms with Gasteiger partial charge in [-0.15, -0.1) is 0 Å². The van der Waals surface area contributed by atoms with Crippen LogP contribution in [0.15, 0.2) is 22.7 Å². The summed E-state index contributed by atoms with van der Waals surface area (Å²) in [5.74, 6) is -0.627. The fourth-order valence-electron chi connectivity index (χ4n) is 1.36. The third-order valence-electron chi connectivity index (χ3n) is 2.24. The molecule has 1 aromatic carbocycles. The summed E-state index contributed by atoms with van der Waals surface area (Å²) in [6, 6.07) is 2.99. The topological polar surface area (TPSA) is 64.9 Å². The van der Waals surface area contributed by atoms with Gasteiger partial charge in [-0.2, -0.15) is 4.98 Å². The largest absolute Gasteiger partial charge is 0.338 e. The van der Waals surface area contributed by atoms with Gasteiger partial charge in [0.2, 0.25) is 5.89 Å². The highest BCUT2D eigenvalue weighted by Gasteiger charge is 2.12. The van der Waals surface area contributed by atoms with Gasteiger partial charge >= 0.3 is 0 Å². The van der Waals surface area contributed by atoms with E-state index in [2.05, 4.69) is 10.1 Å². The first-order chi connectivity index (χ1) is 8.06. The second-order valence-electron chi connectivity index (χ2n) is 3.75. The minimum absolute atomic E-state index is 0.141. The Morgan fingerprint density at radius 3 is 2.76 bits per heavy atom. The fourth-order valence-corrected chi connectivity index (χ4v) is 1.36. The Morgan fingerprint density at radius 1 is 1.41 bits per heavy atom. The molecule has 2 aromatic rings. The molecule has 0 bridgehead atoms. The summed E-state index contributed by atoms with van der Waals surface area (Å²) in [5.41, 5.74) is 5.86. The smallest absolute Gasteiger partial charge is 0.243 e. The second kappa shape index (κ2) is 4.58. The van der Waals surface area contributed by atoms with E-state index < -0.39 is 11.6 Å². The van der Waals surface area contributed by atoms with Crippen molar-refractivity contribution < 1.29 is 13.3 Å². The van der Waals surface area contributed by atoms with Crippen molar-refractivity contribution in [1.82, 2.24) is 10.1 Å². The van der Waals surface area contributed by atoms with Crippen LogP contribution in [-0.4, -0.2) is 10.1 Å². The normalized spacial score (nSPS) is 12.7. The summed E-state index contributed by atoms with van der Waals surface area (Å²) in [6.45, 7) is 1.70. The highest BCUT2D eigenvalue weighted by Crippen LogP contribution is 2.14. The van der Waals surface area contributed by atoms with Crippen molar-refractivity contribution in [1.29, 1.82) is 0 Å². The molecule has 0 fully saturated rings. The lowest BCUT2D eigenvalue weighted by molar-refractivity contribution is 0.357. The molecule has 0 spiro atoms. The van der Waals surface area contributed by atoms with E-state index in [1.165, 1.54) is 12.1 Å². The predicted octanol–water partition coefficient (Wildman–Crippen LogP) is 1.96. The molecule has 0 aliphatic heterocycles. The standard InChI is InChI=1S/C11H11F2N3O/c1-6(14)11-15-10(16-17-11)4-7-2-3-8(12)5-9(7)13/h2-3,5-6H,4,14H2,1H3/t6-/m1/s1. The van der Waals surface area contributed by atoms with Crippen LogP contribution in [0.2, 0.25) is 0 Å². The molecule has 17 heavy (non-hydrogen) atoms. The highest BCUT2D eigenvalue weighted by atomic mass is 19.1. The van der Waals surface area contributed by atoms with Crippen molar-refractivity contribution in [3.8, 4) is 0 Å². The lowest BCUT2D eigenvalue weighted by Crippen LogP contribution is -2.05. The molecule has 4 nitrogen and oxygen atoms in total. The molecule has 1 aromatic heterocycles. The van der Waals surface area contributed by atoms with Crippen LogP contribution in [0.5, 0.6) is 0 Å². The Morgan fingerprint density at radius 2 is 2.18 bits per heavy atom. The first-order valence-electron chi connectivity index (χ1n) is 5.08. The summed E-state index contributed by atoms with van der Waals surface area (Å²) >= 11 is 0. The van der Waals surface area contributed by atoms with Gasteiger partial charge in [-0.05, 0) is 18.6 Å². The zero-order valence-corrected chi connectivity index (χ0v) is 9.15. The molecule has 6 heteroatoms. The Labute approximate surface area is 96.4 Å². The first-order valence-corrected chi connectivity index (χ1v) is 5.08. The van der Waals surface area contributed by atoms with Crippen LogP contribution in [-0.2, 0) is 6.42 Å². The van der Waals surface area contributed by atoms with Gasteiger partial charge in [-0.3, -0.25) is 0 Å². The minimum Gasteiger partial charge on any atom is -0.338 e. The number of hydrogen-bond donors (Lipinski definition) is 1. The summed E-state index contributed by atoms with van der Waals surface area (Å²) in [5, 5.41) is 3.67. The maximum Gasteiger partial charge on any atom is 0.243 e. The van der Waals surface area contributed by atoms with Crippen molar-refractivity contribution in [3.05, 3.63) is 47.1 Å². The molecule has 2 N–H and O–H groups in total. The monoisotopic (exact) mass is 239 g/mol.